The zero-order valence-electron chi connectivity index (χ0n) is 11.5. The SMILES string of the molecule is COc1cc(CN2CCNCC2)ccc1OC1CC1. The Kier molecular flexibility index (Phi) is 3.89. The maximum Gasteiger partial charge on any atom is 0.161 e. The van der Waals surface area contributed by atoms with Crippen LogP contribution in [0.4, 0.5) is 0 Å². The third-order valence-electron chi connectivity index (χ3n) is 3.66. The molecule has 0 radical (unpaired) electrons. The number of rotatable bonds is 5. The molecule has 2 fully saturated rings. The van der Waals surface area contributed by atoms with Gasteiger partial charge in [-0.25, -0.2) is 0 Å². The molecule has 0 bridgehead atoms. The minimum Gasteiger partial charge on any atom is -0.493 e. The van der Waals surface area contributed by atoms with Crippen molar-refractivity contribution in [3.05, 3.63) is 23.8 Å². The number of hydrogen-bond donors (Lipinski definition) is 1. The summed E-state index contributed by atoms with van der Waals surface area (Å²) in [6.45, 7) is 5.38. The van der Waals surface area contributed by atoms with Crippen molar-refractivity contribution in [2.75, 3.05) is 33.3 Å². The van der Waals surface area contributed by atoms with E-state index in [1.54, 1.807) is 7.11 Å². The van der Waals surface area contributed by atoms with Crippen LogP contribution in [-0.2, 0) is 6.54 Å². The van der Waals surface area contributed by atoms with E-state index in [-0.39, 0.29) is 0 Å². The Balaban J connectivity index is 1.67. The Bertz CT molecular complexity index is 426. The number of nitrogens with one attached hydrogen (secondary N) is 1. The summed E-state index contributed by atoms with van der Waals surface area (Å²) in [5.41, 5.74) is 1.29. The number of benzene rings is 1. The summed E-state index contributed by atoms with van der Waals surface area (Å²) in [5, 5.41) is 3.37. The highest BCUT2D eigenvalue weighted by molar-refractivity contribution is 5.43. The first-order chi connectivity index (χ1) is 9.35. The van der Waals surface area contributed by atoms with Crippen molar-refractivity contribution in [2.24, 2.45) is 0 Å². The summed E-state index contributed by atoms with van der Waals surface area (Å²) < 4.78 is 11.3. The Morgan fingerprint density at radius 1 is 1.21 bits per heavy atom. The molecule has 1 saturated carbocycles. The van der Waals surface area contributed by atoms with E-state index >= 15 is 0 Å². The summed E-state index contributed by atoms with van der Waals surface area (Å²) in [4.78, 5) is 2.46. The molecule has 1 aliphatic heterocycles. The van der Waals surface area contributed by atoms with Gasteiger partial charge in [-0.1, -0.05) is 6.07 Å². The second kappa shape index (κ2) is 5.80. The molecule has 19 heavy (non-hydrogen) atoms. The Hall–Kier alpha value is -1.26. The minimum absolute atomic E-state index is 0.410. The predicted molar refractivity (Wildman–Crippen MR) is 74.8 cm³/mol. The lowest BCUT2D eigenvalue weighted by Crippen LogP contribution is -2.42. The van der Waals surface area contributed by atoms with Crippen LogP contribution >= 0.6 is 0 Å². The zero-order chi connectivity index (χ0) is 13.1. The van der Waals surface area contributed by atoms with Gasteiger partial charge in [0.25, 0.3) is 0 Å². The molecule has 0 amide bonds. The lowest BCUT2D eigenvalue weighted by Gasteiger charge is -2.27. The smallest absolute Gasteiger partial charge is 0.161 e. The van der Waals surface area contributed by atoms with Crippen molar-refractivity contribution in [2.45, 2.75) is 25.5 Å². The van der Waals surface area contributed by atoms with Gasteiger partial charge in [-0.05, 0) is 30.5 Å². The van der Waals surface area contributed by atoms with Gasteiger partial charge in [0, 0.05) is 32.7 Å². The first-order valence-corrected chi connectivity index (χ1v) is 7.12. The van der Waals surface area contributed by atoms with E-state index in [0.717, 1.165) is 44.2 Å². The highest BCUT2D eigenvalue weighted by atomic mass is 16.5. The Morgan fingerprint density at radius 2 is 2.00 bits per heavy atom. The standard InChI is InChI=1S/C15H22N2O2/c1-18-15-10-12(11-17-8-6-16-7-9-17)2-5-14(15)19-13-3-4-13/h2,5,10,13,16H,3-4,6-9,11H2,1H3. The van der Waals surface area contributed by atoms with E-state index in [1.165, 1.54) is 18.4 Å². The molecule has 1 N–H and O–H groups in total. The van der Waals surface area contributed by atoms with E-state index < -0.39 is 0 Å². The van der Waals surface area contributed by atoms with Gasteiger partial charge < -0.3 is 14.8 Å². The molecule has 1 heterocycles. The van der Waals surface area contributed by atoms with Crippen molar-refractivity contribution in [3.63, 3.8) is 0 Å². The van der Waals surface area contributed by atoms with E-state index in [9.17, 15) is 0 Å². The second-order valence-corrected chi connectivity index (χ2v) is 5.33. The molecule has 2 aliphatic rings. The minimum atomic E-state index is 0.410. The van der Waals surface area contributed by atoms with Crippen LogP contribution in [0.25, 0.3) is 0 Å². The van der Waals surface area contributed by atoms with Crippen molar-refractivity contribution in [1.29, 1.82) is 0 Å². The van der Waals surface area contributed by atoms with Crippen LogP contribution in [-0.4, -0.2) is 44.3 Å². The average molecular weight is 262 g/mol. The molecular weight excluding hydrogens is 240 g/mol. The first-order valence-electron chi connectivity index (χ1n) is 7.12. The topological polar surface area (TPSA) is 33.7 Å². The van der Waals surface area contributed by atoms with Crippen LogP contribution in [0.15, 0.2) is 18.2 Å². The molecule has 0 aromatic heterocycles. The number of piperazine rings is 1. The van der Waals surface area contributed by atoms with E-state index in [4.69, 9.17) is 9.47 Å². The summed E-state index contributed by atoms with van der Waals surface area (Å²) in [7, 11) is 1.71. The predicted octanol–water partition coefficient (Wildman–Crippen LogP) is 1.64. The summed E-state index contributed by atoms with van der Waals surface area (Å²) >= 11 is 0. The summed E-state index contributed by atoms with van der Waals surface area (Å²) in [6.07, 6.45) is 2.75. The van der Waals surface area contributed by atoms with Gasteiger partial charge in [0.15, 0.2) is 11.5 Å². The van der Waals surface area contributed by atoms with Gasteiger partial charge in [-0.3, -0.25) is 4.90 Å². The van der Waals surface area contributed by atoms with E-state index in [2.05, 4.69) is 28.4 Å². The lowest BCUT2D eigenvalue weighted by molar-refractivity contribution is 0.232. The van der Waals surface area contributed by atoms with Crippen molar-refractivity contribution in [1.82, 2.24) is 10.2 Å². The van der Waals surface area contributed by atoms with Crippen molar-refractivity contribution < 1.29 is 9.47 Å². The van der Waals surface area contributed by atoms with E-state index in [0.29, 0.717) is 6.10 Å². The molecular formula is C15H22N2O2. The molecule has 4 heteroatoms. The van der Waals surface area contributed by atoms with Gasteiger partial charge >= 0.3 is 0 Å². The summed E-state index contributed by atoms with van der Waals surface area (Å²) in [5.74, 6) is 1.74. The molecule has 1 aromatic rings. The van der Waals surface area contributed by atoms with Crippen molar-refractivity contribution >= 4 is 0 Å². The molecule has 0 spiro atoms. The fourth-order valence-corrected chi connectivity index (χ4v) is 2.40. The fraction of sp³-hybridized carbons (Fsp3) is 0.600. The average Bonchev–Trinajstić information content (AvgIpc) is 3.26. The number of methoxy groups -OCH3 is 1. The van der Waals surface area contributed by atoms with Crippen LogP contribution in [0.3, 0.4) is 0 Å². The highest BCUT2D eigenvalue weighted by Gasteiger charge is 2.25. The lowest BCUT2D eigenvalue weighted by atomic mass is 10.1. The number of ether oxygens (including phenoxy) is 2. The molecule has 0 unspecified atom stereocenters. The quantitative estimate of drug-likeness (QED) is 0.874. The van der Waals surface area contributed by atoms with E-state index in [1.807, 2.05) is 0 Å². The van der Waals surface area contributed by atoms with Gasteiger partial charge in [0.2, 0.25) is 0 Å². The largest absolute Gasteiger partial charge is 0.493 e. The monoisotopic (exact) mass is 262 g/mol. The van der Waals surface area contributed by atoms with Gasteiger partial charge in [-0.15, -0.1) is 0 Å². The van der Waals surface area contributed by atoms with Crippen molar-refractivity contribution in [3.8, 4) is 11.5 Å². The van der Waals surface area contributed by atoms with Gasteiger partial charge in [0.1, 0.15) is 0 Å². The maximum absolute atomic E-state index is 5.84. The highest BCUT2D eigenvalue weighted by Crippen LogP contribution is 2.34. The Labute approximate surface area is 114 Å². The third-order valence-corrected chi connectivity index (χ3v) is 3.66. The molecule has 0 atom stereocenters. The van der Waals surface area contributed by atoms with Gasteiger partial charge in [-0.2, -0.15) is 0 Å². The van der Waals surface area contributed by atoms with Crippen LogP contribution in [0.2, 0.25) is 0 Å². The summed E-state index contributed by atoms with van der Waals surface area (Å²) in [6, 6.07) is 6.32. The Morgan fingerprint density at radius 3 is 2.68 bits per heavy atom. The molecule has 4 nitrogen and oxygen atoms in total. The maximum atomic E-state index is 5.84. The number of nitrogens with zero attached hydrogens (tertiary/aromatic N) is 1. The van der Waals surface area contributed by atoms with Gasteiger partial charge in [0.05, 0.1) is 13.2 Å². The second-order valence-electron chi connectivity index (χ2n) is 5.33. The molecule has 3 rings (SSSR count). The van der Waals surface area contributed by atoms with Crippen LogP contribution in [0.5, 0.6) is 11.5 Å². The van der Waals surface area contributed by atoms with Crippen LogP contribution < -0.4 is 14.8 Å². The van der Waals surface area contributed by atoms with Crippen LogP contribution in [0.1, 0.15) is 18.4 Å². The zero-order valence-corrected chi connectivity index (χ0v) is 11.5. The first kappa shape index (κ1) is 12.8. The fourth-order valence-electron chi connectivity index (χ4n) is 2.40. The molecule has 1 aliphatic carbocycles. The molecule has 104 valence electrons. The number of hydrogen-bond acceptors (Lipinski definition) is 4. The molecule has 1 aromatic carbocycles. The normalized spacial score (nSPS) is 20.3. The van der Waals surface area contributed by atoms with Crippen LogP contribution in [0, 0.1) is 0 Å². The molecule has 1 saturated heterocycles. The third kappa shape index (κ3) is 3.39.